The van der Waals surface area contributed by atoms with Gasteiger partial charge in [-0.2, -0.15) is 0 Å². The Kier molecular flexibility index (Phi) is 6.93. The van der Waals surface area contributed by atoms with E-state index in [1.165, 1.54) is 13.1 Å². The molecule has 0 unspecified atom stereocenters. The van der Waals surface area contributed by atoms with E-state index in [9.17, 15) is 13.2 Å². The van der Waals surface area contributed by atoms with Crippen LogP contribution < -0.4 is 10.0 Å². The van der Waals surface area contributed by atoms with Crippen molar-refractivity contribution in [2.75, 3.05) is 32.0 Å². The molecule has 0 heterocycles. The number of amides is 1. The molecule has 23 heavy (non-hydrogen) atoms. The predicted molar refractivity (Wildman–Crippen MR) is 93.0 cm³/mol. The molecular formula is C16H25N3O3S. The van der Waals surface area contributed by atoms with E-state index in [1.807, 2.05) is 18.7 Å². The molecule has 0 spiro atoms. The molecule has 0 saturated heterocycles. The minimum Gasteiger partial charge on any atom is -0.325 e. The summed E-state index contributed by atoms with van der Waals surface area (Å²) in [6.07, 6.45) is 0. The van der Waals surface area contributed by atoms with Gasteiger partial charge in [-0.1, -0.05) is 25.1 Å². The number of nitrogens with one attached hydrogen (secondary N) is 2. The molecule has 0 aromatic heterocycles. The Bertz CT molecular complexity index is 684. The number of aryl methyl sites for hydroxylation is 1. The van der Waals surface area contributed by atoms with Crippen molar-refractivity contribution in [2.45, 2.75) is 25.7 Å². The molecule has 0 aliphatic rings. The number of nitrogens with zero attached hydrogens (tertiary/aromatic N) is 1. The van der Waals surface area contributed by atoms with Crippen molar-refractivity contribution < 1.29 is 13.2 Å². The number of likely N-dealkylation sites (N-methyl/N-ethyl adjacent to an activating group) is 1. The Balaban J connectivity index is 2.87. The lowest BCUT2D eigenvalue weighted by molar-refractivity contribution is -0.117. The summed E-state index contributed by atoms with van der Waals surface area (Å²) in [6, 6.07) is 4.83. The highest BCUT2D eigenvalue weighted by atomic mass is 32.2. The van der Waals surface area contributed by atoms with Gasteiger partial charge in [0.2, 0.25) is 15.9 Å². The van der Waals surface area contributed by atoms with Crippen LogP contribution in [0.4, 0.5) is 5.69 Å². The van der Waals surface area contributed by atoms with Crippen LogP contribution in [0, 0.1) is 6.92 Å². The molecule has 1 rings (SSSR count). The first-order valence-corrected chi connectivity index (χ1v) is 8.88. The number of hydrogen-bond donors (Lipinski definition) is 2. The molecule has 0 aliphatic heterocycles. The van der Waals surface area contributed by atoms with Crippen LogP contribution in [-0.4, -0.2) is 45.9 Å². The molecule has 0 atom stereocenters. The predicted octanol–water partition coefficient (Wildman–Crippen LogP) is 1.74. The molecule has 0 aliphatic carbocycles. The molecule has 128 valence electrons. The Hall–Kier alpha value is -1.70. The van der Waals surface area contributed by atoms with Crippen LogP contribution in [0.1, 0.15) is 19.4 Å². The topological polar surface area (TPSA) is 78.5 Å². The molecule has 0 fully saturated rings. The van der Waals surface area contributed by atoms with Crippen LogP contribution >= 0.6 is 0 Å². The Morgan fingerprint density at radius 1 is 1.30 bits per heavy atom. The SMILES string of the molecule is C=C(C)CN(CC)CC(=O)Nc1ccc(C)c(S(=O)(=O)NC)c1. The molecule has 7 heteroatoms. The Labute approximate surface area is 138 Å². The maximum absolute atomic E-state index is 12.1. The van der Waals surface area contributed by atoms with Gasteiger partial charge in [0.05, 0.1) is 11.4 Å². The van der Waals surface area contributed by atoms with Gasteiger partial charge in [-0.25, -0.2) is 13.1 Å². The van der Waals surface area contributed by atoms with Gasteiger partial charge in [0.25, 0.3) is 0 Å². The summed E-state index contributed by atoms with van der Waals surface area (Å²) in [4.78, 5) is 14.2. The normalized spacial score (nSPS) is 11.5. The van der Waals surface area contributed by atoms with Crippen molar-refractivity contribution in [1.82, 2.24) is 9.62 Å². The second kappa shape index (κ2) is 8.24. The summed E-state index contributed by atoms with van der Waals surface area (Å²) in [5.41, 5.74) is 2.06. The summed E-state index contributed by atoms with van der Waals surface area (Å²) < 4.78 is 26.2. The second-order valence-electron chi connectivity index (χ2n) is 5.50. The largest absolute Gasteiger partial charge is 0.325 e. The van der Waals surface area contributed by atoms with E-state index >= 15 is 0 Å². The van der Waals surface area contributed by atoms with Crippen LogP contribution in [0.5, 0.6) is 0 Å². The highest BCUT2D eigenvalue weighted by Crippen LogP contribution is 2.19. The summed E-state index contributed by atoms with van der Waals surface area (Å²) in [7, 11) is -2.20. The second-order valence-corrected chi connectivity index (χ2v) is 7.35. The van der Waals surface area contributed by atoms with Gasteiger partial charge in [-0.3, -0.25) is 9.69 Å². The highest BCUT2D eigenvalue weighted by Gasteiger charge is 2.16. The maximum atomic E-state index is 12.1. The number of rotatable bonds is 8. The van der Waals surface area contributed by atoms with Gasteiger partial charge < -0.3 is 5.32 Å². The van der Waals surface area contributed by atoms with E-state index in [2.05, 4.69) is 16.6 Å². The number of carbonyl (C=O) groups excluding carboxylic acids is 1. The number of hydrogen-bond acceptors (Lipinski definition) is 4. The first-order chi connectivity index (χ1) is 10.7. The maximum Gasteiger partial charge on any atom is 0.240 e. The fraction of sp³-hybridized carbons (Fsp3) is 0.438. The van der Waals surface area contributed by atoms with Crippen LogP contribution in [-0.2, 0) is 14.8 Å². The van der Waals surface area contributed by atoms with Gasteiger partial charge in [0.15, 0.2) is 0 Å². The van der Waals surface area contributed by atoms with Gasteiger partial charge in [-0.15, -0.1) is 0 Å². The number of sulfonamides is 1. The van der Waals surface area contributed by atoms with Crippen molar-refractivity contribution in [1.29, 1.82) is 0 Å². The molecule has 0 saturated carbocycles. The third kappa shape index (κ3) is 5.78. The summed E-state index contributed by atoms with van der Waals surface area (Å²) in [6.45, 7) is 11.0. The van der Waals surface area contributed by atoms with Gasteiger partial charge in [0, 0.05) is 12.2 Å². The standard InChI is InChI=1S/C16H25N3O3S/c1-6-19(10-12(2)3)11-16(20)18-14-8-7-13(4)15(9-14)23(21,22)17-5/h7-9,17H,2,6,10-11H2,1,3-5H3,(H,18,20). The number of benzene rings is 1. The molecule has 0 bridgehead atoms. The summed E-state index contributed by atoms with van der Waals surface area (Å²) in [5, 5.41) is 2.74. The zero-order chi connectivity index (χ0) is 17.6. The van der Waals surface area contributed by atoms with Gasteiger partial charge in [0.1, 0.15) is 0 Å². The minimum absolute atomic E-state index is 0.159. The molecular weight excluding hydrogens is 314 g/mol. The Morgan fingerprint density at radius 3 is 2.48 bits per heavy atom. The smallest absolute Gasteiger partial charge is 0.240 e. The molecule has 1 aromatic carbocycles. The van der Waals surface area contributed by atoms with E-state index in [0.29, 0.717) is 17.8 Å². The third-order valence-corrected chi connectivity index (χ3v) is 4.89. The van der Waals surface area contributed by atoms with Gasteiger partial charge in [-0.05, 0) is 45.1 Å². The van der Waals surface area contributed by atoms with Crippen molar-refractivity contribution in [3.8, 4) is 0 Å². The summed E-state index contributed by atoms with van der Waals surface area (Å²) in [5.74, 6) is -0.190. The Morgan fingerprint density at radius 2 is 1.96 bits per heavy atom. The van der Waals surface area contributed by atoms with Crippen LogP contribution in [0.2, 0.25) is 0 Å². The molecule has 1 aromatic rings. The van der Waals surface area contributed by atoms with Crippen molar-refractivity contribution in [2.24, 2.45) is 0 Å². The first-order valence-electron chi connectivity index (χ1n) is 7.40. The lowest BCUT2D eigenvalue weighted by atomic mass is 10.2. The van der Waals surface area contributed by atoms with Crippen molar-refractivity contribution >= 4 is 21.6 Å². The zero-order valence-corrected chi connectivity index (χ0v) is 15.0. The first kappa shape index (κ1) is 19.3. The van der Waals surface area contributed by atoms with E-state index < -0.39 is 10.0 Å². The average molecular weight is 339 g/mol. The third-order valence-electron chi connectivity index (χ3n) is 3.34. The van der Waals surface area contributed by atoms with E-state index in [0.717, 1.165) is 12.1 Å². The van der Waals surface area contributed by atoms with E-state index in [4.69, 9.17) is 0 Å². The quantitative estimate of drug-likeness (QED) is 0.707. The molecule has 2 N–H and O–H groups in total. The van der Waals surface area contributed by atoms with Gasteiger partial charge >= 0.3 is 0 Å². The lowest BCUT2D eigenvalue weighted by Gasteiger charge is -2.20. The van der Waals surface area contributed by atoms with E-state index in [1.54, 1.807) is 19.1 Å². The summed E-state index contributed by atoms with van der Waals surface area (Å²) >= 11 is 0. The molecule has 1 amide bonds. The highest BCUT2D eigenvalue weighted by molar-refractivity contribution is 7.89. The lowest BCUT2D eigenvalue weighted by Crippen LogP contribution is -2.34. The van der Waals surface area contributed by atoms with Crippen LogP contribution in [0.3, 0.4) is 0 Å². The van der Waals surface area contributed by atoms with Crippen molar-refractivity contribution in [3.63, 3.8) is 0 Å². The zero-order valence-electron chi connectivity index (χ0n) is 14.1. The van der Waals surface area contributed by atoms with E-state index in [-0.39, 0.29) is 17.3 Å². The van der Waals surface area contributed by atoms with Crippen molar-refractivity contribution in [3.05, 3.63) is 35.9 Å². The average Bonchev–Trinajstić information content (AvgIpc) is 2.47. The van der Waals surface area contributed by atoms with Crippen LogP contribution in [0.25, 0.3) is 0 Å². The number of anilines is 1. The monoisotopic (exact) mass is 339 g/mol. The fourth-order valence-electron chi connectivity index (χ4n) is 2.14. The minimum atomic E-state index is -3.55. The molecule has 0 radical (unpaired) electrons. The number of carbonyl (C=O) groups is 1. The fourth-order valence-corrected chi connectivity index (χ4v) is 3.14. The molecule has 6 nitrogen and oxygen atoms in total. The van der Waals surface area contributed by atoms with Crippen LogP contribution in [0.15, 0.2) is 35.2 Å².